The molecule has 0 heterocycles. The lowest BCUT2D eigenvalue weighted by molar-refractivity contribution is -0.137. The van der Waals surface area contributed by atoms with Crippen LogP contribution in [0.1, 0.15) is 30.4 Å². The summed E-state index contributed by atoms with van der Waals surface area (Å²) >= 11 is 0. The highest BCUT2D eigenvalue weighted by molar-refractivity contribution is 5.25. The smallest absolute Gasteiger partial charge is 0.392 e. The monoisotopic (exact) mass is 270 g/mol. The number of hydrogen-bond acceptors (Lipinski definition) is 1. The van der Waals surface area contributed by atoms with Gasteiger partial charge in [-0.2, -0.15) is 13.2 Å². The number of alkyl halides is 3. The summed E-state index contributed by atoms with van der Waals surface area (Å²) < 4.78 is 37.2. The maximum atomic E-state index is 12.4. The van der Waals surface area contributed by atoms with Crippen molar-refractivity contribution in [3.63, 3.8) is 0 Å². The molecule has 1 aliphatic carbocycles. The van der Waals surface area contributed by atoms with E-state index in [2.05, 4.69) is 12.2 Å². The second kappa shape index (κ2) is 5.78. The summed E-state index contributed by atoms with van der Waals surface area (Å²) in [5.74, 6) is 0.215. The van der Waals surface area contributed by atoms with Crippen LogP contribution in [0.4, 0.5) is 13.2 Å². The number of halogens is 3. The predicted octanol–water partition coefficient (Wildman–Crippen LogP) is 3.97. The van der Waals surface area contributed by atoms with Gasteiger partial charge in [0.05, 0.1) is 11.7 Å². The molecule has 0 saturated heterocycles. The molecule has 0 bridgehead atoms. The number of allylic oxidation sites excluding steroid dienone is 2. The van der Waals surface area contributed by atoms with Crippen molar-refractivity contribution in [1.82, 2.24) is 0 Å². The van der Waals surface area contributed by atoms with Crippen molar-refractivity contribution < 1.29 is 18.3 Å². The summed E-state index contributed by atoms with van der Waals surface area (Å²) in [6.45, 7) is 0. The summed E-state index contributed by atoms with van der Waals surface area (Å²) in [5, 5.41) is 10.1. The molecule has 0 saturated carbocycles. The van der Waals surface area contributed by atoms with Gasteiger partial charge in [0.1, 0.15) is 0 Å². The molecule has 104 valence electrons. The fourth-order valence-corrected chi connectivity index (χ4v) is 2.40. The zero-order valence-corrected chi connectivity index (χ0v) is 10.5. The average Bonchev–Trinajstić information content (AvgIpc) is 2.39. The van der Waals surface area contributed by atoms with E-state index in [0.29, 0.717) is 6.42 Å². The van der Waals surface area contributed by atoms with Crippen molar-refractivity contribution in [3.05, 3.63) is 47.5 Å². The first-order chi connectivity index (χ1) is 8.97. The number of hydrogen-bond donors (Lipinski definition) is 1. The Morgan fingerprint density at radius 3 is 2.37 bits per heavy atom. The lowest BCUT2D eigenvalue weighted by Gasteiger charge is -2.23. The molecule has 2 atom stereocenters. The summed E-state index contributed by atoms with van der Waals surface area (Å²) in [6.07, 6.45) is 2.55. The van der Waals surface area contributed by atoms with Crippen LogP contribution in [0, 0.1) is 5.92 Å². The SMILES string of the molecule is OC(Cc1ccc(C(F)(F)F)cc1)C1CC=CCC1. The van der Waals surface area contributed by atoms with Crippen molar-refractivity contribution in [2.75, 3.05) is 0 Å². The minimum atomic E-state index is -4.30. The quantitative estimate of drug-likeness (QED) is 0.824. The molecule has 1 nitrogen and oxygen atoms in total. The van der Waals surface area contributed by atoms with Gasteiger partial charge in [0.15, 0.2) is 0 Å². The molecule has 4 heteroatoms. The van der Waals surface area contributed by atoms with E-state index in [1.807, 2.05) is 0 Å². The Kier molecular flexibility index (Phi) is 4.30. The van der Waals surface area contributed by atoms with Crippen LogP contribution in [0.2, 0.25) is 0 Å². The van der Waals surface area contributed by atoms with Crippen LogP contribution in [0.25, 0.3) is 0 Å². The minimum Gasteiger partial charge on any atom is -0.392 e. The Labute approximate surface area is 110 Å². The Balaban J connectivity index is 1.97. The zero-order chi connectivity index (χ0) is 13.9. The number of rotatable bonds is 3. The summed E-state index contributed by atoms with van der Waals surface area (Å²) in [5.41, 5.74) is 0.0985. The van der Waals surface area contributed by atoms with Gasteiger partial charge in [-0.25, -0.2) is 0 Å². The topological polar surface area (TPSA) is 20.2 Å². The number of benzene rings is 1. The molecule has 1 aliphatic rings. The van der Waals surface area contributed by atoms with Crippen LogP contribution in [0.3, 0.4) is 0 Å². The van der Waals surface area contributed by atoms with E-state index < -0.39 is 17.8 Å². The van der Waals surface area contributed by atoms with Gasteiger partial charge in [0.25, 0.3) is 0 Å². The van der Waals surface area contributed by atoms with E-state index in [1.165, 1.54) is 12.1 Å². The van der Waals surface area contributed by atoms with Crippen molar-refractivity contribution in [2.45, 2.75) is 38.0 Å². The second-order valence-corrected chi connectivity index (χ2v) is 5.01. The van der Waals surface area contributed by atoms with E-state index in [0.717, 1.165) is 37.0 Å². The molecule has 1 N–H and O–H groups in total. The van der Waals surface area contributed by atoms with Gasteiger partial charge in [-0.05, 0) is 49.3 Å². The van der Waals surface area contributed by atoms with Gasteiger partial charge < -0.3 is 5.11 Å². The van der Waals surface area contributed by atoms with Gasteiger partial charge in [-0.1, -0.05) is 24.3 Å². The van der Waals surface area contributed by atoms with Crippen LogP contribution < -0.4 is 0 Å². The lowest BCUT2D eigenvalue weighted by atomic mass is 9.86. The van der Waals surface area contributed by atoms with Gasteiger partial charge in [0.2, 0.25) is 0 Å². The first-order valence-corrected chi connectivity index (χ1v) is 6.46. The molecular weight excluding hydrogens is 253 g/mol. The number of aliphatic hydroxyl groups is 1. The molecule has 0 radical (unpaired) electrons. The Morgan fingerprint density at radius 1 is 1.16 bits per heavy atom. The van der Waals surface area contributed by atoms with Crippen molar-refractivity contribution >= 4 is 0 Å². The van der Waals surface area contributed by atoms with E-state index in [4.69, 9.17) is 0 Å². The van der Waals surface area contributed by atoms with Crippen molar-refractivity contribution in [1.29, 1.82) is 0 Å². The molecule has 2 rings (SSSR count). The molecule has 0 aliphatic heterocycles. The molecule has 1 aromatic carbocycles. The van der Waals surface area contributed by atoms with E-state index in [9.17, 15) is 18.3 Å². The molecule has 0 aromatic heterocycles. The maximum absolute atomic E-state index is 12.4. The van der Waals surface area contributed by atoms with Crippen LogP contribution in [-0.2, 0) is 12.6 Å². The predicted molar refractivity (Wildman–Crippen MR) is 67.6 cm³/mol. The van der Waals surface area contributed by atoms with Gasteiger partial charge in [-0.3, -0.25) is 0 Å². The van der Waals surface area contributed by atoms with Gasteiger partial charge >= 0.3 is 6.18 Å². The van der Waals surface area contributed by atoms with Crippen LogP contribution in [0.15, 0.2) is 36.4 Å². The summed E-state index contributed by atoms with van der Waals surface area (Å²) in [7, 11) is 0. The van der Waals surface area contributed by atoms with Crippen LogP contribution in [0.5, 0.6) is 0 Å². The maximum Gasteiger partial charge on any atom is 0.416 e. The Bertz CT molecular complexity index is 434. The van der Waals surface area contributed by atoms with Crippen LogP contribution in [-0.4, -0.2) is 11.2 Å². The van der Waals surface area contributed by atoms with E-state index >= 15 is 0 Å². The third kappa shape index (κ3) is 3.83. The lowest BCUT2D eigenvalue weighted by Crippen LogP contribution is -2.23. The normalized spacial score (nSPS) is 21.4. The first-order valence-electron chi connectivity index (χ1n) is 6.46. The minimum absolute atomic E-state index is 0.215. The summed E-state index contributed by atoms with van der Waals surface area (Å²) in [4.78, 5) is 0. The second-order valence-electron chi connectivity index (χ2n) is 5.01. The standard InChI is InChI=1S/C15H17F3O/c16-15(17,18)13-8-6-11(7-9-13)10-14(19)12-4-2-1-3-5-12/h1-2,6-9,12,14,19H,3-5,10H2. The number of aliphatic hydroxyl groups excluding tert-OH is 1. The van der Waals surface area contributed by atoms with Crippen molar-refractivity contribution in [2.24, 2.45) is 5.92 Å². The van der Waals surface area contributed by atoms with Crippen molar-refractivity contribution in [3.8, 4) is 0 Å². The molecule has 0 spiro atoms. The third-order valence-electron chi connectivity index (χ3n) is 3.58. The van der Waals surface area contributed by atoms with E-state index in [1.54, 1.807) is 0 Å². The molecular formula is C15H17F3O. The fourth-order valence-electron chi connectivity index (χ4n) is 2.40. The molecule has 1 aromatic rings. The highest BCUT2D eigenvalue weighted by atomic mass is 19.4. The third-order valence-corrected chi connectivity index (χ3v) is 3.58. The summed E-state index contributed by atoms with van der Waals surface area (Å²) in [6, 6.07) is 5.04. The largest absolute Gasteiger partial charge is 0.416 e. The molecule has 0 fully saturated rings. The average molecular weight is 270 g/mol. The van der Waals surface area contributed by atoms with Crippen LogP contribution >= 0.6 is 0 Å². The highest BCUT2D eigenvalue weighted by Gasteiger charge is 2.30. The zero-order valence-electron chi connectivity index (χ0n) is 10.5. The highest BCUT2D eigenvalue weighted by Crippen LogP contribution is 2.30. The van der Waals surface area contributed by atoms with E-state index in [-0.39, 0.29) is 5.92 Å². The first kappa shape index (κ1) is 14.1. The van der Waals surface area contributed by atoms with Gasteiger partial charge in [0, 0.05) is 0 Å². The Morgan fingerprint density at radius 2 is 1.84 bits per heavy atom. The molecule has 19 heavy (non-hydrogen) atoms. The van der Waals surface area contributed by atoms with Gasteiger partial charge in [-0.15, -0.1) is 0 Å². The molecule has 0 amide bonds. The fraction of sp³-hybridized carbons (Fsp3) is 0.467. The molecule has 2 unspecified atom stereocenters. The Hall–Kier alpha value is -1.29.